The van der Waals surface area contributed by atoms with E-state index < -0.39 is 15.8 Å². The van der Waals surface area contributed by atoms with Gasteiger partial charge < -0.3 is 4.74 Å². The molecule has 0 N–H and O–H groups in total. The Kier molecular flexibility index (Phi) is 6.02. The molecular weight excluding hydrogens is 332 g/mol. The summed E-state index contributed by atoms with van der Waals surface area (Å²) in [6.07, 6.45) is 0.631. The first kappa shape index (κ1) is 18.1. The summed E-state index contributed by atoms with van der Waals surface area (Å²) in [5.41, 5.74) is 0.971. The molecule has 0 radical (unpaired) electrons. The Morgan fingerprint density at radius 2 is 1.96 bits per heavy atom. The van der Waals surface area contributed by atoms with Crippen molar-refractivity contribution in [3.63, 3.8) is 0 Å². The minimum Gasteiger partial charge on any atom is -0.457 e. The van der Waals surface area contributed by atoms with Crippen molar-refractivity contribution in [2.24, 2.45) is 0 Å². The molecule has 0 aliphatic heterocycles. The van der Waals surface area contributed by atoms with Crippen LogP contribution in [0.5, 0.6) is 0 Å². The zero-order chi connectivity index (χ0) is 17.6. The molecule has 0 fully saturated rings. The minimum atomic E-state index is -3.51. The highest BCUT2D eigenvalue weighted by Crippen LogP contribution is 2.13. The van der Waals surface area contributed by atoms with E-state index in [9.17, 15) is 13.2 Å². The Bertz CT molecular complexity index is 784. The van der Waals surface area contributed by atoms with Crippen molar-refractivity contribution < 1.29 is 17.9 Å². The van der Waals surface area contributed by atoms with Gasteiger partial charge in [0.25, 0.3) is 0 Å². The second-order valence-electron chi connectivity index (χ2n) is 5.36. The van der Waals surface area contributed by atoms with Crippen LogP contribution < -0.4 is 0 Å². The highest BCUT2D eigenvalue weighted by Gasteiger charge is 2.17. The SMILES string of the molecule is CCCn1nnnc1COC(=O)CCS(=O)(=O)c1ccc(C)cc1. The van der Waals surface area contributed by atoms with Crippen LogP contribution in [0.2, 0.25) is 0 Å². The summed E-state index contributed by atoms with van der Waals surface area (Å²) in [4.78, 5) is 12.0. The molecule has 130 valence electrons. The summed E-state index contributed by atoms with van der Waals surface area (Å²) >= 11 is 0. The number of esters is 1. The average molecular weight is 352 g/mol. The van der Waals surface area contributed by atoms with Crippen LogP contribution in [0.25, 0.3) is 0 Å². The van der Waals surface area contributed by atoms with E-state index in [0.29, 0.717) is 12.4 Å². The van der Waals surface area contributed by atoms with Crippen molar-refractivity contribution in [3.05, 3.63) is 35.7 Å². The van der Waals surface area contributed by atoms with Gasteiger partial charge in [0.1, 0.15) is 0 Å². The molecule has 1 aromatic carbocycles. The molecule has 0 atom stereocenters. The van der Waals surface area contributed by atoms with Gasteiger partial charge in [-0.2, -0.15) is 0 Å². The van der Waals surface area contributed by atoms with Crippen molar-refractivity contribution in [1.29, 1.82) is 0 Å². The number of carbonyl (C=O) groups excluding carboxylic acids is 1. The predicted molar refractivity (Wildman–Crippen MR) is 85.8 cm³/mol. The van der Waals surface area contributed by atoms with Crippen molar-refractivity contribution in [3.8, 4) is 0 Å². The fourth-order valence-corrected chi connectivity index (χ4v) is 3.23. The van der Waals surface area contributed by atoms with Crippen LogP contribution in [0.15, 0.2) is 29.2 Å². The van der Waals surface area contributed by atoms with Crippen molar-refractivity contribution in [2.75, 3.05) is 5.75 Å². The molecule has 2 rings (SSSR count). The van der Waals surface area contributed by atoms with E-state index in [1.54, 1.807) is 16.8 Å². The average Bonchev–Trinajstić information content (AvgIpc) is 2.99. The van der Waals surface area contributed by atoms with Gasteiger partial charge in [-0.25, -0.2) is 13.1 Å². The zero-order valence-electron chi connectivity index (χ0n) is 13.7. The third-order valence-electron chi connectivity index (χ3n) is 3.36. The second kappa shape index (κ2) is 8.00. The van der Waals surface area contributed by atoms with Crippen molar-refractivity contribution in [2.45, 2.75) is 44.7 Å². The lowest BCUT2D eigenvalue weighted by atomic mass is 10.2. The maximum absolute atomic E-state index is 12.2. The van der Waals surface area contributed by atoms with Crippen LogP contribution in [-0.2, 0) is 32.5 Å². The van der Waals surface area contributed by atoms with Crippen LogP contribution in [0, 0.1) is 6.92 Å². The molecule has 1 heterocycles. The van der Waals surface area contributed by atoms with Crippen LogP contribution in [0.4, 0.5) is 0 Å². The van der Waals surface area contributed by atoms with Gasteiger partial charge in [0, 0.05) is 6.54 Å². The Hall–Kier alpha value is -2.29. The topological polar surface area (TPSA) is 104 Å². The lowest BCUT2D eigenvalue weighted by Gasteiger charge is -2.06. The normalized spacial score (nSPS) is 11.4. The first-order valence-electron chi connectivity index (χ1n) is 7.62. The molecular formula is C15H20N4O4S. The van der Waals surface area contributed by atoms with Gasteiger partial charge in [0.15, 0.2) is 22.3 Å². The summed E-state index contributed by atoms with van der Waals surface area (Å²) in [5.74, 6) is -0.460. The molecule has 2 aromatic rings. The first-order valence-corrected chi connectivity index (χ1v) is 9.27. The van der Waals surface area contributed by atoms with E-state index in [1.165, 1.54) is 12.1 Å². The highest BCUT2D eigenvalue weighted by atomic mass is 32.2. The monoisotopic (exact) mass is 352 g/mol. The molecule has 8 nitrogen and oxygen atoms in total. The number of carbonyl (C=O) groups is 1. The van der Waals surface area contributed by atoms with Crippen LogP contribution in [0.3, 0.4) is 0 Å². The van der Waals surface area contributed by atoms with E-state index in [4.69, 9.17) is 4.74 Å². The van der Waals surface area contributed by atoms with E-state index in [-0.39, 0.29) is 23.7 Å². The van der Waals surface area contributed by atoms with Gasteiger partial charge in [0.2, 0.25) is 0 Å². The molecule has 0 spiro atoms. The van der Waals surface area contributed by atoms with E-state index >= 15 is 0 Å². The standard InChI is InChI=1S/C15H20N4O4S/c1-3-9-19-14(16-17-18-19)11-23-15(20)8-10-24(21,22)13-6-4-12(2)5-7-13/h4-7H,3,8-11H2,1-2H3. The fourth-order valence-electron chi connectivity index (χ4n) is 2.01. The number of hydrogen-bond acceptors (Lipinski definition) is 7. The third kappa shape index (κ3) is 4.85. The van der Waals surface area contributed by atoms with Crippen molar-refractivity contribution >= 4 is 15.8 Å². The summed E-state index contributed by atoms with van der Waals surface area (Å²) < 4.78 is 31.0. The molecule has 1 aromatic heterocycles. The number of tetrazole rings is 1. The molecule has 0 amide bonds. The Morgan fingerprint density at radius 1 is 1.25 bits per heavy atom. The number of aryl methyl sites for hydroxylation is 2. The largest absolute Gasteiger partial charge is 0.457 e. The maximum atomic E-state index is 12.2. The number of rotatable bonds is 8. The Morgan fingerprint density at radius 3 is 2.62 bits per heavy atom. The van der Waals surface area contributed by atoms with Crippen molar-refractivity contribution in [1.82, 2.24) is 20.2 Å². The van der Waals surface area contributed by atoms with Gasteiger partial charge in [-0.1, -0.05) is 24.6 Å². The molecule has 0 unspecified atom stereocenters. The number of nitrogens with zero attached hydrogens (tertiary/aromatic N) is 4. The van der Waals surface area contributed by atoms with Crippen LogP contribution in [0.1, 0.15) is 31.2 Å². The number of benzene rings is 1. The Labute approximate surface area is 140 Å². The van der Waals surface area contributed by atoms with Gasteiger partial charge in [-0.3, -0.25) is 4.79 Å². The van der Waals surface area contributed by atoms with Gasteiger partial charge >= 0.3 is 5.97 Å². The number of hydrogen-bond donors (Lipinski definition) is 0. The molecule has 24 heavy (non-hydrogen) atoms. The molecule has 0 bridgehead atoms. The second-order valence-corrected chi connectivity index (χ2v) is 7.47. The van der Waals surface area contributed by atoms with Gasteiger partial charge in [-0.05, 0) is 35.9 Å². The van der Waals surface area contributed by atoms with Crippen LogP contribution >= 0.6 is 0 Å². The smallest absolute Gasteiger partial charge is 0.307 e. The van der Waals surface area contributed by atoms with E-state index in [0.717, 1.165) is 12.0 Å². The maximum Gasteiger partial charge on any atom is 0.307 e. The van der Waals surface area contributed by atoms with Gasteiger partial charge in [0.05, 0.1) is 17.1 Å². The Balaban J connectivity index is 1.86. The molecule has 9 heteroatoms. The number of ether oxygens (including phenoxy) is 1. The number of aromatic nitrogens is 4. The summed E-state index contributed by atoms with van der Waals surface area (Å²) in [7, 11) is -3.51. The minimum absolute atomic E-state index is 0.0730. The highest BCUT2D eigenvalue weighted by molar-refractivity contribution is 7.91. The van der Waals surface area contributed by atoms with Gasteiger partial charge in [-0.15, -0.1) is 5.10 Å². The molecule has 0 aliphatic rings. The molecule has 0 saturated heterocycles. The molecule has 0 saturated carbocycles. The fraction of sp³-hybridized carbons (Fsp3) is 0.467. The van der Waals surface area contributed by atoms with Crippen LogP contribution in [-0.4, -0.2) is 40.3 Å². The van der Waals surface area contributed by atoms with E-state index in [2.05, 4.69) is 15.5 Å². The lowest BCUT2D eigenvalue weighted by Crippen LogP contribution is -2.15. The zero-order valence-corrected chi connectivity index (χ0v) is 14.5. The first-order chi connectivity index (χ1) is 11.4. The quantitative estimate of drug-likeness (QED) is 0.659. The summed E-state index contributed by atoms with van der Waals surface area (Å²) in [6.45, 7) is 4.41. The molecule has 0 aliphatic carbocycles. The predicted octanol–water partition coefficient (Wildman–Crippen LogP) is 1.30. The lowest BCUT2D eigenvalue weighted by molar-refractivity contribution is -0.144. The van der Waals surface area contributed by atoms with E-state index in [1.807, 2.05) is 13.8 Å². The number of sulfone groups is 1. The summed E-state index contributed by atoms with van der Waals surface area (Å²) in [6, 6.07) is 6.52. The third-order valence-corrected chi connectivity index (χ3v) is 5.09. The summed E-state index contributed by atoms with van der Waals surface area (Å²) in [5, 5.41) is 11.1.